The van der Waals surface area contributed by atoms with Crippen molar-refractivity contribution in [3.8, 4) is 0 Å². The van der Waals surface area contributed by atoms with Crippen molar-refractivity contribution in [2.75, 3.05) is 7.11 Å². The number of benzene rings is 1. The van der Waals surface area contributed by atoms with Crippen LogP contribution in [-0.2, 0) is 40.3 Å². The van der Waals surface area contributed by atoms with E-state index in [9.17, 15) is 9.59 Å². The smallest absolute Gasteiger partial charge is 0.355 e. The normalized spacial score (nSPS) is 11.9. The molecule has 0 fully saturated rings. The Morgan fingerprint density at radius 3 is 2.25 bits per heavy atom. The molecule has 170 valence electrons. The van der Waals surface area contributed by atoms with E-state index in [1.807, 2.05) is 37.3 Å². The lowest BCUT2D eigenvalue weighted by molar-refractivity contribution is -0.142. The van der Waals surface area contributed by atoms with Gasteiger partial charge < -0.3 is 19.0 Å². The van der Waals surface area contributed by atoms with Crippen LogP contribution in [0.3, 0.4) is 0 Å². The molecule has 1 aromatic carbocycles. The molecule has 2 heterocycles. The first kappa shape index (κ1) is 23.4. The lowest BCUT2D eigenvalue weighted by Gasteiger charge is -2.13. The van der Waals surface area contributed by atoms with E-state index in [1.54, 1.807) is 6.92 Å². The molecule has 0 saturated heterocycles. The summed E-state index contributed by atoms with van der Waals surface area (Å²) in [7, 11) is 1.38. The molecular weight excluding hydrogens is 404 g/mol. The van der Waals surface area contributed by atoms with Gasteiger partial charge >= 0.3 is 11.9 Å². The molecule has 0 radical (unpaired) electrons. The first-order chi connectivity index (χ1) is 15.4. The highest BCUT2D eigenvalue weighted by molar-refractivity contribution is 5.91. The SMILES string of the molecule is CCc1cn(Cc2[nH]c(C(=O)OCc3ccccc3)c(C)c2C(C)C(=O)OC)cc1CC. The third-order valence-corrected chi connectivity index (χ3v) is 5.94. The lowest BCUT2D eigenvalue weighted by atomic mass is 9.96. The molecule has 3 aromatic rings. The number of hydrogen-bond acceptors (Lipinski definition) is 4. The third-order valence-electron chi connectivity index (χ3n) is 5.94. The van der Waals surface area contributed by atoms with Gasteiger partial charge in [0.25, 0.3) is 0 Å². The second-order valence-corrected chi connectivity index (χ2v) is 8.01. The van der Waals surface area contributed by atoms with Gasteiger partial charge in [-0.25, -0.2) is 4.79 Å². The predicted octanol–water partition coefficient (Wildman–Crippen LogP) is 4.93. The van der Waals surface area contributed by atoms with Gasteiger partial charge in [-0.05, 0) is 54.5 Å². The fraction of sp³-hybridized carbons (Fsp3) is 0.385. The number of carbonyl (C=O) groups excluding carboxylic acids is 2. The Bertz CT molecular complexity index is 1060. The Hall–Kier alpha value is -3.28. The van der Waals surface area contributed by atoms with Crippen LogP contribution >= 0.6 is 0 Å². The number of aromatic amines is 1. The molecule has 1 unspecified atom stereocenters. The Kier molecular flexibility index (Phi) is 7.57. The summed E-state index contributed by atoms with van der Waals surface area (Å²) in [6.45, 7) is 8.64. The van der Waals surface area contributed by atoms with Crippen molar-refractivity contribution >= 4 is 11.9 Å². The molecule has 6 nitrogen and oxygen atoms in total. The van der Waals surface area contributed by atoms with Gasteiger partial charge in [-0.1, -0.05) is 44.2 Å². The highest BCUT2D eigenvalue weighted by Crippen LogP contribution is 2.29. The van der Waals surface area contributed by atoms with Crippen LogP contribution in [-0.4, -0.2) is 28.6 Å². The summed E-state index contributed by atoms with van der Waals surface area (Å²) in [6.07, 6.45) is 6.19. The number of aryl methyl sites for hydroxylation is 2. The number of esters is 2. The fourth-order valence-corrected chi connectivity index (χ4v) is 4.19. The molecule has 6 heteroatoms. The molecule has 32 heavy (non-hydrogen) atoms. The monoisotopic (exact) mass is 436 g/mol. The zero-order chi connectivity index (χ0) is 23.3. The summed E-state index contributed by atoms with van der Waals surface area (Å²) in [5.74, 6) is -1.28. The molecule has 0 bridgehead atoms. The molecule has 0 saturated carbocycles. The van der Waals surface area contributed by atoms with Crippen molar-refractivity contribution in [2.45, 2.75) is 59.6 Å². The van der Waals surface area contributed by atoms with Crippen LogP contribution in [0.4, 0.5) is 0 Å². The van der Waals surface area contributed by atoms with Crippen LogP contribution in [0.25, 0.3) is 0 Å². The minimum Gasteiger partial charge on any atom is -0.469 e. The molecule has 0 amide bonds. The first-order valence-electron chi connectivity index (χ1n) is 11.1. The number of hydrogen-bond donors (Lipinski definition) is 1. The van der Waals surface area contributed by atoms with Gasteiger partial charge in [-0.2, -0.15) is 0 Å². The van der Waals surface area contributed by atoms with Gasteiger partial charge in [0.05, 0.1) is 19.6 Å². The van der Waals surface area contributed by atoms with E-state index in [-0.39, 0.29) is 12.6 Å². The third kappa shape index (κ3) is 4.96. The molecule has 0 spiro atoms. The Morgan fingerprint density at radius 1 is 1.06 bits per heavy atom. The molecule has 2 aromatic heterocycles. The standard InChI is InChI=1S/C26H32N2O4/c1-6-20-13-28(14-21(20)7-2)15-22-23(18(4)25(29)31-5)17(3)24(27-22)26(30)32-16-19-11-9-8-10-12-19/h8-14,18,27H,6-7,15-16H2,1-5H3. The number of rotatable bonds is 9. The van der Waals surface area contributed by atoms with Gasteiger partial charge in [-0.3, -0.25) is 4.79 Å². The quantitative estimate of drug-likeness (QED) is 0.483. The van der Waals surface area contributed by atoms with Crippen molar-refractivity contribution in [3.05, 3.63) is 81.9 Å². The van der Waals surface area contributed by atoms with Gasteiger partial charge in [0.15, 0.2) is 0 Å². The molecule has 1 N–H and O–H groups in total. The maximum atomic E-state index is 12.9. The summed E-state index contributed by atoms with van der Waals surface area (Å²) < 4.78 is 12.6. The lowest BCUT2D eigenvalue weighted by Crippen LogP contribution is -2.14. The van der Waals surface area contributed by atoms with E-state index in [2.05, 4.69) is 35.8 Å². The van der Waals surface area contributed by atoms with E-state index < -0.39 is 11.9 Å². The van der Waals surface area contributed by atoms with Crippen LogP contribution in [0, 0.1) is 6.92 Å². The minimum atomic E-state index is -0.506. The van der Waals surface area contributed by atoms with Crippen molar-refractivity contribution in [1.82, 2.24) is 9.55 Å². The summed E-state index contributed by atoms with van der Waals surface area (Å²) in [5, 5.41) is 0. The Labute approximate surface area is 189 Å². The maximum Gasteiger partial charge on any atom is 0.355 e. The van der Waals surface area contributed by atoms with Gasteiger partial charge in [0.1, 0.15) is 12.3 Å². The Balaban J connectivity index is 1.93. The summed E-state index contributed by atoms with van der Waals surface area (Å²) in [4.78, 5) is 28.5. The molecule has 0 aliphatic heterocycles. The number of nitrogens with zero attached hydrogens (tertiary/aromatic N) is 1. The number of methoxy groups -OCH3 is 1. The highest BCUT2D eigenvalue weighted by Gasteiger charge is 2.28. The molecule has 0 aliphatic carbocycles. The number of nitrogens with one attached hydrogen (secondary N) is 1. The van der Waals surface area contributed by atoms with Gasteiger partial charge in [0.2, 0.25) is 0 Å². The fourth-order valence-electron chi connectivity index (χ4n) is 4.19. The van der Waals surface area contributed by atoms with Crippen LogP contribution in [0.1, 0.15) is 70.7 Å². The van der Waals surface area contributed by atoms with E-state index in [0.717, 1.165) is 35.2 Å². The van der Waals surface area contributed by atoms with Gasteiger partial charge in [-0.15, -0.1) is 0 Å². The Morgan fingerprint density at radius 2 is 1.69 bits per heavy atom. The van der Waals surface area contributed by atoms with E-state index in [1.165, 1.54) is 18.2 Å². The number of carbonyl (C=O) groups is 2. The second kappa shape index (κ2) is 10.4. The predicted molar refractivity (Wildman–Crippen MR) is 124 cm³/mol. The van der Waals surface area contributed by atoms with Crippen molar-refractivity contribution < 1.29 is 19.1 Å². The number of ether oxygens (including phenoxy) is 2. The van der Waals surface area contributed by atoms with E-state index in [4.69, 9.17) is 9.47 Å². The van der Waals surface area contributed by atoms with E-state index in [0.29, 0.717) is 12.2 Å². The van der Waals surface area contributed by atoms with Crippen LogP contribution < -0.4 is 0 Å². The van der Waals surface area contributed by atoms with Gasteiger partial charge in [0, 0.05) is 18.1 Å². The highest BCUT2D eigenvalue weighted by atomic mass is 16.5. The van der Waals surface area contributed by atoms with Crippen molar-refractivity contribution in [1.29, 1.82) is 0 Å². The van der Waals surface area contributed by atoms with Crippen LogP contribution in [0.15, 0.2) is 42.7 Å². The topological polar surface area (TPSA) is 73.3 Å². The average Bonchev–Trinajstić information content (AvgIpc) is 3.37. The number of aromatic nitrogens is 2. The molecule has 0 aliphatic rings. The molecule has 3 rings (SSSR count). The maximum absolute atomic E-state index is 12.9. The van der Waals surface area contributed by atoms with E-state index >= 15 is 0 Å². The van der Waals surface area contributed by atoms with Crippen molar-refractivity contribution in [2.24, 2.45) is 0 Å². The molecule has 1 atom stereocenters. The first-order valence-corrected chi connectivity index (χ1v) is 11.1. The van der Waals surface area contributed by atoms with Crippen LogP contribution in [0.5, 0.6) is 0 Å². The second-order valence-electron chi connectivity index (χ2n) is 8.01. The minimum absolute atomic E-state index is 0.187. The summed E-state index contributed by atoms with van der Waals surface area (Å²) in [5.41, 5.74) is 6.22. The molecular formula is C26H32N2O4. The zero-order valence-corrected chi connectivity index (χ0v) is 19.5. The number of H-pyrrole nitrogens is 1. The summed E-state index contributed by atoms with van der Waals surface area (Å²) >= 11 is 0. The van der Waals surface area contributed by atoms with Crippen molar-refractivity contribution in [3.63, 3.8) is 0 Å². The summed E-state index contributed by atoms with van der Waals surface area (Å²) in [6, 6.07) is 9.55. The zero-order valence-electron chi connectivity index (χ0n) is 19.5. The largest absolute Gasteiger partial charge is 0.469 e. The average molecular weight is 437 g/mol. The van der Waals surface area contributed by atoms with Crippen LogP contribution in [0.2, 0.25) is 0 Å².